The second-order valence-electron chi connectivity index (χ2n) is 4.92. The van der Waals surface area contributed by atoms with Gasteiger partial charge in [0, 0.05) is 11.3 Å². The second-order valence-corrected chi connectivity index (χ2v) is 4.92. The molecule has 3 aromatic rings. The number of aryl methyl sites for hydroxylation is 1. The molecule has 0 unspecified atom stereocenters. The van der Waals surface area contributed by atoms with Gasteiger partial charge in [0.25, 0.3) is 0 Å². The van der Waals surface area contributed by atoms with Gasteiger partial charge in [-0.25, -0.2) is 0 Å². The molecule has 0 radical (unpaired) electrons. The lowest BCUT2D eigenvalue weighted by Gasteiger charge is -2.01. The molecule has 6 nitrogen and oxygen atoms in total. The van der Waals surface area contributed by atoms with Gasteiger partial charge in [0.1, 0.15) is 0 Å². The van der Waals surface area contributed by atoms with Crippen LogP contribution in [0.4, 0.5) is 5.69 Å². The van der Waals surface area contributed by atoms with Crippen LogP contribution in [0.1, 0.15) is 21.8 Å². The molecule has 0 fully saturated rings. The molecule has 3 rings (SSSR count). The van der Waals surface area contributed by atoms with E-state index in [-0.39, 0.29) is 11.8 Å². The molecule has 6 heteroatoms. The van der Waals surface area contributed by atoms with E-state index in [0.717, 1.165) is 11.1 Å². The molecule has 0 aliphatic rings. The van der Waals surface area contributed by atoms with Crippen LogP contribution in [-0.2, 0) is 0 Å². The lowest BCUT2D eigenvalue weighted by Crippen LogP contribution is -2.12. The third kappa shape index (κ3) is 3.24. The highest BCUT2D eigenvalue weighted by atomic mass is 16.4. The Morgan fingerprint density at radius 3 is 2.43 bits per heavy atom. The zero-order chi connectivity index (χ0) is 16.2. The molecule has 1 amide bonds. The van der Waals surface area contributed by atoms with E-state index in [1.54, 1.807) is 24.3 Å². The number of rotatable bonds is 3. The summed E-state index contributed by atoms with van der Waals surface area (Å²) in [6, 6.07) is 16.1. The van der Waals surface area contributed by atoms with Gasteiger partial charge < -0.3 is 9.73 Å². The van der Waals surface area contributed by atoms with Crippen molar-refractivity contribution in [1.29, 1.82) is 5.26 Å². The average Bonchev–Trinajstić information content (AvgIpc) is 3.06. The second kappa shape index (κ2) is 6.12. The number of anilines is 1. The maximum atomic E-state index is 12.1. The Morgan fingerprint density at radius 1 is 1.09 bits per heavy atom. The van der Waals surface area contributed by atoms with Crippen LogP contribution >= 0.6 is 0 Å². The summed E-state index contributed by atoms with van der Waals surface area (Å²) in [6.07, 6.45) is 0. The van der Waals surface area contributed by atoms with Gasteiger partial charge in [-0.2, -0.15) is 5.26 Å². The first kappa shape index (κ1) is 14.5. The monoisotopic (exact) mass is 304 g/mol. The summed E-state index contributed by atoms with van der Waals surface area (Å²) < 4.78 is 5.40. The molecule has 0 aliphatic heterocycles. The zero-order valence-electron chi connectivity index (χ0n) is 12.3. The van der Waals surface area contributed by atoms with Crippen molar-refractivity contribution in [3.63, 3.8) is 0 Å². The lowest BCUT2D eigenvalue weighted by molar-refractivity contribution is 0.0991. The van der Waals surface area contributed by atoms with Crippen LogP contribution in [0.3, 0.4) is 0 Å². The van der Waals surface area contributed by atoms with E-state index >= 15 is 0 Å². The minimum absolute atomic E-state index is 0.120. The van der Waals surface area contributed by atoms with Gasteiger partial charge in [-0.05, 0) is 43.3 Å². The first-order valence-corrected chi connectivity index (χ1v) is 6.88. The van der Waals surface area contributed by atoms with E-state index in [1.807, 2.05) is 37.3 Å². The SMILES string of the molecule is Cc1ccc(-c2nnc(C(=O)Nc3ccc(C#N)cc3)o2)cc1. The van der Waals surface area contributed by atoms with E-state index in [2.05, 4.69) is 15.5 Å². The Kier molecular flexibility index (Phi) is 3.85. The van der Waals surface area contributed by atoms with Crippen molar-refractivity contribution in [2.75, 3.05) is 5.32 Å². The van der Waals surface area contributed by atoms with Gasteiger partial charge in [0.15, 0.2) is 0 Å². The van der Waals surface area contributed by atoms with Gasteiger partial charge in [-0.3, -0.25) is 4.79 Å². The van der Waals surface area contributed by atoms with E-state index in [4.69, 9.17) is 9.68 Å². The van der Waals surface area contributed by atoms with Crippen molar-refractivity contribution >= 4 is 11.6 Å². The predicted octanol–water partition coefficient (Wildman–Crippen LogP) is 3.17. The van der Waals surface area contributed by atoms with Crippen LogP contribution in [0.5, 0.6) is 0 Å². The summed E-state index contributed by atoms with van der Waals surface area (Å²) in [5.41, 5.74) is 2.93. The third-order valence-electron chi connectivity index (χ3n) is 3.19. The van der Waals surface area contributed by atoms with Crippen LogP contribution < -0.4 is 5.32 Å². The number of nitrogens with one attached hydrogen (secondary N) is 1. The molecule has 1 aromatic heterocycles. The maximum absolute atomic E-state index is 12.1. The summed E-state index contributed by atoms with van der Waals surface area (Å²) >= 11 is 0. The molecule has 1 heterocycles. The van der Waals surface area contributed by atoms with Gasteiger partial charge in [0.2, 0.25) is 5.89 Å². The van der Waals surface area contributed by atoms with E-state index in [0.29, 0.717) is 11.3 Å². The molecule has 112 valence electrons. The summed E-state index contributed by atoms with van der Waals surface area (Å²) in [5.74, 6) is -0.333. The predicted molar refractivity (Wildman–Crippen MR) is 83.6 cm³/mol. The number of amides is 1. The Balaban J connectivity index is 1.75. The molecule has 0 atom stereocenters. The molecule has 1 N–H and O–H groups in total. The number of carbonyl (C=O) groups is 1. The number of aromatic nitrogens is 2. The van der Waals surface area contributed by atoms with E-state index in [1.165, 1.54) is 0 Å². The molecule has 0 saturated carbocycles. The van der Waals surface area contributed by atoms with Crippen molar-refractivity contribution in [3.8, 4) is 17.5 Å². The first-order valence-electron chi connectivity index (χ1n) is 6.88. The normalized spacial score (nSPS) is 10.1. The number of nitriles is 1. The number of hydrogen-bond donors (Lipinski definition) is 1. The van der Waals surface area contributed by atoms with Crippen molar-refractivity contribution in [3.05, 3.63) is 65.5 Å². The Bertz CT molecular complexity index is 874. The van der Waals surface area contributed by atoms with Crippen LogP contribution in [0.2, 0.25) is 0 Å². The van der Waals surface area contributed by atoms with Crippen LogP contribution in [0.15, 0.2) is 52.9 Å². The van der Waals surface area contributed by atoms with E-state index in [9.17, 15) is 4.79 Å². The minimum atomic E-state index is -0.499. The molecule has 2 aromatic carbocycles. The number of nitrogens with zero attached hydrogens (tertiary/aromatic N) is 3. The largest absolute Gasteiger partial charge is 0.412 e. The van der Waals surface area contributed by atoms with Crippen molar-refractivity contribution in [1.82, 2.24) is 10.2 Å². The lowest BCUT2D eigenvalue weighted by atomic mass is 10.1. The topological polar surface area (TPSA) is 91.8 Å². The van der Waals surface area contributed by atoms with E-state index < -0.39 is 5.91 Å². The minimum Gasteiger partial charge on any atom is -0.412 e. The molecule has 0 bridgehead atoms. The molecular weight excluding hydrogens is 292 g/mol. The van der Waals surface area contributed by atoms with Crippen molar-refractivity contribution < 1.29 is 9.21 Å². The molecule has 0 spiro atoms. The zero-order valence-corrected chi connectivity index (χ0v) is 12.3. The molecule has 0 aliphatic carbocycles. The third-order valence-corrected chi connectivity index (χ3v) is 3.19. The number of hydrogen-bond acceptors (Lipinski definition) is 5. The summed E-state index contributed by atoms with van der Waals surface area (Å²) in [4.78, 5) is 12.1. The fourth-order valence-electron chi connectivity index (χ4n) is 1.94. The summed E-state index contributed by atoms with van der Waals surface area (Å²) in [5, 5.41) is 19.0. The number of benzene rings is 2. The fraction of sp³-hybridized carbons (Fsp3) is 0.0588. The molecule has 0 saturated heterocycles. The van der Waals surface area contributed by atoms with Gasteiger partial charge >= 0.3 is 11.8 Å². The van der Waals surface area contributed by atoms with Gasteiger partial charge in [-0.15, -0.1) is 10.2 Å². The fourth-order valence-corrected chi connectivity index (χ4v) is 1.94. The van der Waals surface area contributed by atoms with Gasteiger partial charge in [-0.1, -0.05) is 17.7 Å². The summed E-state index contributed by atoms with van der Waals surface area (Å²) in [6.45, 7) is 1.98. The molecular formula is C17H12N4O2. The average molecular weight is 304 g/mol. The van der Waals surface area contributed by atoms with Crippen LogP contribution in [-0.4, -0.2) is 16.1 Å². The van der Waals surface area contributed by atoms with Crippen molar-refractivity contribution in [2.24, 2.45) is 0 Å². The van der Waals surface area contributed by atoms with Crippen LogP contribution in [0.25, 0.3) is 11.5 Å². The molecule has 23 heavy (non-hydrogen) atoms. The Labute approximate surface area is 132 Å². The quantitative estimate of drug-likeness (QED) is 0.802. The number of carbonyl (C=O) groups excluding carboxylic acids is 1. The highest BCUT2D eigenvalue weighted by molar-refractivity contribution is 6.00. The smallest absolute Gasteiger partial charge is 0.313 e. The Hall–Kier alpha value is -3.46. The standard InChI is InChI=1S/C17H12N4O2/c1-11-2-6-13(7-3-11)16-20-21-17(23-16)15(22)19-14-8-4-12(10-18)5-9-14/h2-9H,1H3,(H,19,22). The highest BCUT2D eigenvalue weighted by Crippen LogP contribution is 2.19. The van der Waals surface area contributed by atoms with Crippen LogP contribution in [0, 0.1) is 18.3 Å². The maximum Gasteiger partial charge on any atom is 0.313 e. The highest BCUT2D eigenvalue weighted by Gasteiger charge is 2.16. The first-order chi connectivity index (χ1) is 11.2. The Morgan fingerprint density at radius 2 is 1.78 bits per heavy atom. The van der Waals surface area contributed by atoms with Gasteiger partial charge in [0.05, 0.1) is 11.6 Å². The summed E-state index contributed by atoms with van der Waals surface area (Å²) in [7, 11) is 0. The van der Waals surface area contributed by atoms with Crippen molar-refractivity contribution in [2.45, 2.75) is 6.92 Å².